The minimum absolute atomic E-state index is 0.0135. The second kappa shape index (κ2) is 4.68. The van der Waals surface area contributed by atoms with E-state index in [0.29, 0.717) is 14.8 Å². The van der Waals surface area contributed by atoms with Crippen LogP contribution in [0.15, 0.2) is 36.4 Å². The van der Waals surface area contributed by atoms with E-state index in [1.807, 2.05) is 31.3 Å². The minimum Gasteiger partial charge on any atom is -0.388 e. The van der Waals surface area contributed by atoms with Gasteiger partial charge in [-0.1, -0.05) is 11.6 Å². The van der Waals surface area contributed by atoms with Crippen LogP contribution in [-0.4, -0.2) is 12.8 Å². The van der Waals surface area contributed by atoms with Crippen LogP contribution in [0.2, 0.25) is 4.34 Å². The van der Waals surface area contributed by atoms with Gasteiger partial charge in [0, 0.05) is 18.3 Å². The standard InChI is InChI=1S/C12H10ClNOS/c1-14-9-4-2-8(3-5-9)12(15)10-6-7-11(13)16-10/h2-7,14H,1H3. The third kappa shape index (κ3) is 2.26. The molecule has 1 aromatic carbocycles. The highest BCUT2D eigenvalue weighted by Gasteiger charge is 2.10. The summed E-state index contributed by atoms with van der Waals surface area (Å²) >= 11 is 7.10. The third-order valence-electron chi connectivity index (χ3n) is 2.23. The predicted molar refractivity (Wildman–Crippen MR) is 68.8 cm³/mol. The van der Waals surface area contributed by atoms with Crippen LogP contribution in [0.1, 0.15) is 15.2 Å². The van der Waals surface area contributed by atoms with Crippen LogP contribution >= 0.6 is 22.9 Å². The summed E-state index contributed by atoms with van der Waals surface area (Å²) in [5, 5.41) is 3.01. The molecule has 0 atom stereocenters. The molecule has 0 aliphatic rings. The molecule has 16 heavy (non-hydrogen) atoms. The molecule has 1 N–H and O–H groups in total. The number of nitrogens with one attached hydrogen (secondary N) is 1. The summed E-state index contributed by atoms with van der Waals surface area (Å²) in [5.41, 5.74) is 1.67. The zero-order valence-corrected chi connectivity index (χ0v) is 10.2. The van der Waals surface area contributed by atoms with Crippen LogP contribution < -0.4 is 5.32 Å². The summed E-state index contributed by atoms with van der Waals surface area (Å²) in [6.07, 6.45) is 0. The fourth-order valence-electron chi connectivity index (χ4n) is 1.37. The molecule has 0 unspecified atom stereocenters. The van der Waals surface area contributed by atoms with Crippen molar-refractivity contribution in [3.8, 4) is 0 Å². The van der Waals surface area contributed by atoms with Crippen molar-refractivity contribution in [2.45, 2.75) is 0 Å². The van der Waals surface area contributed by atoms with E-state index in [-0.39, 0.29) is 5.78 Å². The van der Waals surface area contributed by atoms with Crippen molar-refractivity contribution in [3.05, 3.63) is 51.2 Å². The normalized spacial score (nSPS) is 10.1. The van der Waals surface area contributed by atoms with E-state index in [4.69, 9.17) is 11.6 Å². The number of hydrogen-bond acceptors (Lipinski definition) is 3. The lowest BCUT2D eigenvalue weighted by atomic mass is 10.1. The van der Waals surface area contributed by atoms with Crippen molar-refractivity contribution in [3.63, 3.8) is 0 Å². The van der Waals surface area contributed by atoms with Crippen molar-refractivity contribution < 1.29 is 4.79 Å². The Bertz CT molecular complexity index is 504. The zero-order valence-electron chi connectivity index (χ0n) is 8.66. The highest BCUT2D eigenvalue weighted by molar-refractivity contribution is 7.18. The number of thiophene rings is 1. The summed E-state index contributed by atoms with van der Waals surface area (Å²) in [4.78, 5) is 12.7. The molecular weight excluding hydrogens is 242 g/mol. The van der Waals surface area contributed by atoms with Crippen LogP contribution in [0.3, 0.4) is 0 Å². The highest BCUT2D eigenvalue weighted by atomic mass is 35.5. The minimum atomic E-state index is 0.0135. The predicted octanol–water partition coefficient (Wildman–Crippen LogP) is 3.67. The van der Waals surface area contributed by atoms with Gasteiger partial charge in [0.05, 0.1) is 9.21 Å². The van der Waals surface area contributed by atoms with E-state index >= 15 is 0 Å². The van der Waals surface area contributed by atoms with E-state index in [1.54, 1.807) is 12.1 Å². The van der Waals surface area contributed by atoms with Gasteiger partial charge in [0.15, 0.2) is 0 Å². The van der Waals surface area contributed by atoms with E-state index in [1.165, 1.54) is 11.3 Å². The number of hydrogen-bond donors (Lipinski definition) is 1. The molecule has 0 fully saturated rings. The number of carbonyl (C=O) groups excluding carboxylic acids is 1. The monoisotopic (exact) mass is 251 g/mol. The molecule has 0 aliphatic heterocycles. The van der Waals surface area contributed by atoms with Crippen molar-refractivity contribution in [1.29, 1.82) is 0 Å². The fraction of sp³-hybridized carbons (Fsp3) is 0.0833. The van der Waals surface area contributed by atoms with Crippen molar-refractivity contribution in [1.82, 2.24) is 0 Å². The Morgan fingerprint density at radius 1 is 1.19 bits per heavy atom. The molecule has 0 amide bonds. The lowest BCUT2D eigenvalue weighted by Crippen LogP contribution is -1.98. The van der Waals surface area contributed by atoms with Crippen molar-refractivity contribution in [2.24, 2.45) is 0 Å². The van der Waals surface area contributed by atoms with Gasteiger partial charge in [-0.05, 0) is 36.4 Å². The average Bonchev–Trinajstić information content (AvgIpc) is 2.75. The summed E-state index contributed by atoms with van der Waals surface area (Å²) in [6, 6.07) is 10.9. The van der Waals surface area contributed by atoms with Crippen molar-refractivity contribution in [2.75, 3.05) is 12.4 Å². The van der Waals surface area contributed by atoms with Gasteiger partial charge in [-0.3, -0.25) is 4.79 Å². The van der Waals surface area contributed by atoms with Crippen LogP contribution in [0.25, 0.3) is 0 Å². The molecule has 0 radical (unpaired) electrons. The molecule has 2 aromatic rings. The SMILES string of the molecule is CNc1ccc(C(=O)c2ccc(Cl)s2)cc1. The van der Waals surface area contributed by atoms with Crippen LogP contribution in [-0.2, 0) is 0 Å². The first kappa shape index (κ1) is 11.2. The molecule has 0 spiro atoms. The van der Waals surface area contributed by atoms with E-state index in [9.17, 15) is 4.79 Å². The fourth-order valence-corrected chi connectivity index (χ4v) is 2.37. The number of rotatable bonds is 3. The second-order valence-corrected chi connectivity index (χ2v) is 4.98. The Kier molecular flexibility index (Phi) is 3.27. The number of ketones is 1. The van der Waals surface area contributed by atoms with Crippen LogP contribution in [0.4, 0.5) is 5.69 Å². The van der Waals surface area contributed by atoms with Gasteiger partial charge in [0.25, 0.3) is 0 Å². The lowest BCUT2D eigenvalue weighted by Gasteiger charge is -2.01. The summed E-state index contributed by atoms with van der Waals surface area (Å²) in [7, 11) is 1.84. The highest BCUT2D eigenvalue weighted by Crippen LogP contribution is 2.24. The van der Waals surface area contributed by atoms with Crippen LogP contribution in [0, 0.1) is 0 Å². The maximum atomic E-state index is 12.0. The summed E-state index contributed by atoms with van der Waals surface area (Å²) < 4.78 is 0.634. The Morgan fingerprint density at radius 3 is 2.38 bits per heavy atom. The lowest BCUT2D eigenvalue weighted by molar-refractivity contribution is 0.104. The summed E-state index contributed by atoms with van der Waals surface area (Å²) in [5.74, 6) is 0.0135. The molecule has 0 aliphatic carbocycles. The van der Waals surface area contributed by atoms with Gasteiger partial charge in [0.2, 0.25) is 5.78 Å². The Balaban J connectivity index is 2.27. The maximum Gasteiger partial charge on any atom is 0.202 e. The van der Waals surface area contributed by atoms with Gasteiger partial charge in [-0.25, -0.2) is 0 Å². The zero-order chi connectivity index (χ0) is 11.5. The first-order chi connectivity index (χ1) is 7.70. The first-order valence-electron chi connectivity index (χ1n) is 4.78. The smallest absolute Gasteiger partial charge is 0.202 e. The van der Waals surface area contributed by atoms with Gasteiger partial charge in [-0.15, -0.1) is 11.3 Å². The van der Waals surface area contributed by atoms with E-state index < -0.39 is 0 Å². The van der Waals surface area contributed by atoms with Gasteiger partial charge in [-0.2, -0.15) is 0 Å². The molecule has 2 rings (SSSR count). The molecule has 0 saturated carbocycles. The molecule has 1 aromatic heterocycles. The molecule has 82 valence electrons. The maximum absolute atomic E-state index is 12.0. The number of benzene rings is 1. The second-order valence-electron chi connectivity index (χ2n) is 3.26. The largest absolute Gasteiger partial charge is 0.388 e. The number of anilines is 1. The van der Waals surface area contributed by atoms with Gasteiger partial charge in [0.1, 0.15) is 0 Å². The van der Waals surface area contributed by atoms with E-state index in [2.05, 4.69) is 5.32 Å². The van der Waals surface area contributed by atoms with Crippen molar-refractivity contribution >= 4 is 34.4 Å². The van der Waals surface area contributed by atoms with Gasteiger partial charge >= 0.3 is 0 Å². The molecular formula is C12H10ClNOS. The molecule has 0 bridgehead atoms. The molecule has 1 heterocycles. The first-order valence-corrected chi connectivity index (χ1v) is 5.98. The van der Waals surface area contributed by atoms with Crippen LogP contribution in [0.5, 0.6) is 0 Å². The van der Waals surface area contributed by atoms with Gasteiger partial charge < -0.3 is 5.32 Å². The topological polar surface area (TPSA) is 29.1 Å². The average molecular weight is 252 g/mol. The van der Waals surface area contributed by atoms with E-state index in [0.717, 1.165) is 5.69 Å². The Morgan fingerprint density at radius 2 is 1.88 bits per heavy atom. The Hall–Kier alpha value is -1.32. The molecule has 4 heteroatoms. The summed E-state index contributed by atoms with van der Waals surface area (Å²) in [6.45, 7) is 0. The molecule has 0 saturated heterocycles. The number of halogens is 1. The Labute approximate surface area is 103 Å². The molecule has 2 nitrogen and oxygen atoms in total. The quantitative estimate of drug-likeness (QED) is 0.844. The third-order valence-corrected chi connectivity index (χ3v) is 3.46. The number of carbonyl (C=O) groups is 1.